The Balaban J connectivity index is 1.31. The highest BCUT2D eigenvalue weighted by Gasteiger charge is 2.53. The number of nitrogens with zero attached hydrogens (tertiary/aromatic N) is 3. The van der Waals surface area contributed by atoms with E-state index in [0.29, 0.717) is 5.92 Å². The second-order valence-electron chi connectivity index (χ2n) is 12.1. The van der Waals surface area contributed by atoms with Gasteiger partial charge in [-0.1, -0.05) is 82.7 Å². The topological polar surface area (TPSA) is 55.9 Å². The first-order valence-corrected chi connectivity index (χ1v) is 15.7. The molecule has 6 heteroatoms. The van der Waals surface area contributed by atoms with Gasteiger partial charge in [0.05, 0.1) is 0 Å². The number of hydrogen-bond acceptors (Lipinski definition) is 4. The van der Waals surface area contributed by atoms with E-state index in [2.05, 4.69) is 59.3 Å². The summed E-state index contributed by atoms with van der Waals surface area (Å²) in [5.41, 5.74) is 0.732. The van der Waals surface area contributed by atoms with E-state index in [9.17, 15) is 9.59 Å². The maximum Gasteiger partial charge on any atom is 0.246 e. The second kappa shape index (κ2) is 14.5. The lowest BCUT2D eigenvalue weighted by molar-refractivity contribution is -0.162. The lowest BCUT2D eigenvalue weighted by atomic mass is 9.79. The SMILES string of the molecule is CCCCN1C(=O)C(CC2CCCCC2)NC(=O)C12CCN(CCCN(CCC)Cc1ccccc1)CC2. The van der Waals surface area contributed by atoms with E-state index in [0.717, 1.165) is 90.8 Å². The molecule has 2 heterocycles. The lowest BCUT2D eigenvalue weighted by Gasteiger charge is -2.52. The summed E-state index contributed by atoms with van der Waals surface area (Å²) < 4.78 is 0. The van der Waals surface area contributed by atoms with Gasteiger partial charge in [-0.05, 0) is 69.6 Å². The second-order valence-corrected chi connectivity index (χ2v) is 12.1. The molecule has 1 saturated carbocycles. The van der Waals surface area contributed by atoms with Crippen molar-refractivity contribution in [2.24, 2.45) is 5.92 Å². The van der Waals surface area contributed by atoms with Crippen LogP contribution in [0.3, 0.4) is 0 Å². The van der Waals surface area contributed by atoms with E-state index < -0.39 is 5.54 Å². The van der Waals surface area contributed by atoms with E-state index in [1.807, 2.05) is 4.90 Å². The molecule has 3 aliphatic rings. The van der Waals surface area contributed by atoms with Crippen LogP contribution in [0.1, 0.15) is 96.5 Å². The number of amides is 2. The summed E-state index contributed by atoms with van der Waals surface area (Å²) in [6.45, 7) is 11.2. The number of unbranched alkanes of at least 4 members (excludes halogenated alkanes) is 1. The molecule has 0 radical (unpaired) electrons. The zero-order valence-corrected chi connectivity index (χ0v) is 24.1. The van der Waals surface area contributed by atoms with E-state index in [4.69, 9.17) is 0 Å². The van der Waals surface area contributed by atoms with Crippen molar-refractivity contribution in [1.29, 1.82) is 0 Å². The predicted molar refractivity (Wildman–Crippen MR) is 155 cm³/mol. The van der Waals surface area contributed by atoms with Gasteiger partial charge < -0.3 is 15.1 Å². The first kappa shape index (κ1) is 29.1. The Hall–Kier alpha value is -1.92. The van der Waals surface area contributed by atoms with Crippen molar-refractivity contribution in [2.45, 2.75) is 109 Å². The molecule has 212 valence electrons. The Morgan fingerprint density at radius 3 is 2.34 bits per heavy atom. The van der Waals surface area contributed by atoms with Crippen LogP contribution in [0.25, 0.3) is 0 Å². The summed E-state index contributed by atoms with van der Waals surface area (Å²) in [5, 5.41) is 3.24. The van der Waals surface area contributed by atoms with Crippen LogP contribution in [0.5, 0.6) is 0 Å². The Morgan fingerprint density at radius 1 is 0.921 bits per heavy atom. The maximum absolute atomic E-state index is 13.8. The van der Waals surface area contributed by atoms with Crippen molar-refractivity contribution in [3.8, 4) is 0 Å². The fraction of sp³-hybridized carbons (Fsp3) is 0.750. The molecule has 0 bridgehead atoms. The summed E-state index contributed by atoms with van der Waals surface area (Å²) in [4.78, 5) is 34.5. The van der Waals surface area contributed by atoms with Crippen molar-refractivity contribution in [2.75, 3.05) is 39.3 Å². The van der Waals surface area contributed by atoms with Crippen LogP contribution >= 0.6 is 0 Å². The van der Waals surface area contributed by atoms with E-state index in [1.54, 1.807) is 0 Å². The third-order valence-electron chi connectivity index (χ3n) is 9.26. The highest BCUT2D eigenvalue weighted by molar-refractivity contribution is 6.00. The van der Waals surface area contributed by atoms with Gasteiger partial charge in [-0.25, -0.2) is 0 Å². The van der Waals surface area contributed by atoms with Gasteiger partial charge in [-0.15, -0.1) is 0 Å². The Labute approximate surface area is 231 Å². The van der Waals surface area contributed by atoms with Crippen LogP contribution in [-0.4, -0.2) is 77.4 Å². The molecular weight excluding hydrogens is 472 g/mol. The predicted octanol–water partition coefficient (Wildman–Crippen LogP) is 5.22. The van der Waals surface area contributed by atoms with Gasteiger partial charge in [-0.3, -0.25) is 14.5 Å². The highest BCUT2D eigenvalue weighted by Crippen LogP contribution is 2.36. The van der Waals surface area contributed by atoms with Crippen LogP contribution in [0.2, 0.25) is 0 Å². The molecule has 38 heavy (non-hydrogen) atoms. The third-order valence-corrected chi connectivity index (χ3v) is 9.26. The number of nitrogens with one attached hydrogen (secondary N) is 1. The average molecular weight is 525 g/mol. The van der Waals surface area contributed by atoms with E-state index >= 15 is 0 Å². The number of carbonyl (C=O) groups excluding carboxylic acids is 2. The normalized spacial score (nSPS) is 22.8. The summed E-state index contributed by atoms with van der Waals surface area (Å²) >= 11 is 0. The monoisotopic (exact) mass is 524 g/mol. The number of carbonyl (C=O) groups is 2. The third kappa shape index (κ3) is 7.38. The van der Waals surface area contributed by atoms with Crippen molar-refractivity contribution in [3.63, 3.8) is 0 Å². The molecule has 2 aliphatic heterocycles. The molecule has 1 aromatic carbocycles. The van der Waals surface area contributed by atoms with Crippen molar-refractivity contribution in [1.82, 2.24) is 20.0 Å². The molecule has 6 nitrogen and oxygen atoms in total. The minimum Gasteiger partial charge on any atom is -0.342 e. The smallest absolute Gasteiger partial charge is 0.246 e. The summed E-state index contributed by atoms with van der Waals surface area (Å²) in [6.07, 6.45) is 12.9. The number of benzene rings is 1. The summed E-state index contributed by atoms with van der Waals surface area (Å²) in [7, 11) is 0. The molecule has 3 fully saturated rings. The van der Waals surface area contributed by atoms with Crippen molar-refractivity contribution >= 4 is 11.8 Å². The Morgan fingerprint density at radius 2 is 1.66 bits per heavy atom. The number of likely N-dealkylation sites (tertiary alicyclic amines) is 1. The van der Waals surface area contributed by atoms with Crippen molar-refractivity contribution in [3.05, 3.63) is 35.9 Å². The molecule has 1 aromatic rings. The molecule has 0 aromatic heterocycles. The average Bonchev–Trinajstić information content (AvgIpc) is 2.94. The van der Waals surface area contributed by atoms with Gasteiger partial charge >= 0.3 is 0 Å². The maximum atomic E-state index is 13.8. The minimum atomic E-state index is -0.645. The molecule has 1 spiro atoms. The van der Waals surface area contributed by atoms with Crippen LogP contribution < -0.4 is 5.32 Å². The first-order chi connectivity index (χ1) is 18.6. The molecule has 1 N–H and O–H groups in total. The minimum absolute atomic E-state index is 0.116. The Bertz CT molecular complexity index is 861. The van der Waals surface area contributed by atoms with Crippen LogP contribution in [0, 0.1) is 5.92 Å². The van der Waals surface area contributed by atoms with Gasteiger partial charge in [0.25, 0.3) is 0 Å². The van der Waals surface area contributed by atoms with Crippen molar-refractivity contribution < 1.29 is 9.59 Å². The largest absolute Gasteiger partial charge is 0.342 e. The van der Waals surface area contributed by atoms with Gasteiger partial charge in [0.15, 0.2) is 0 Å². The first-order valence-electron chi connectivity index (χ1n) is 15.7. The van der Waals surface area contributed by atoms with Crippen LogP contribution in [0.15, 0.2) is 30.3 Å². The Kier molecular flexibility index (Phi) is 11.1. The molecule has 4 rings (SSSR count). The molecule has 2 amide bonds. The van der Waals surface area contributed by atoms with E-state index in [-0.39, 0.29) is 17.9 Å². The highest BCUT2D eigenvalue weighted by atomic mass is 16.2. The number of rotatable bonds is 13. The fourth-order valence-corrected chi connectivity index (χ4v) is 7.02. The standard InChI is InChI=1S/C32H52N4O2/c1-3-5-22-36-30(37)29(25-27-13-8-6-9-14-27)33-31(38)32(36)17-23-34(24-18-32)20-12-21-35(19-4-2)26-28-15-10-7-11-16-28/h7,10-11,15-16,27,29H,3-6,8-9,12-14,17-26H2,1-2H3,(H,33,38). The number of piperidine rings is 1. The van der Waals surface area contributed by atoms with Crippen LogP contribution in [-0.2, 0) is 16.1 Å². The summed E-state index contributed by atoms with van der Waals surface area (Å²) in [6, 6.07) is 10.4. The number of hydrogen-bond donors (Lipinski definition) is 1. The zero-order chi connectivity index (χ0) is 26.8. The van der Waals surface area contributed by atoms with Crippen LogP contribution in [0.4, 0.5) is 0 Å². The molecule has 2 saturated heterocycles. The molecule has 1 unspecified atom stereocenters. The fourth-order valence-electron chi connectivity index (χ4n) is 7.02. The molecule has 1 aliphatic carbocycles. The summed E-state index contributed by atoms with van der Waals surface area (Å²) in [5.74, 6) is 0.884. The van der Waals surface area contributed by atoms with Gasteiger partial charge in [-0.2, -0.15) is 0 Å². The van der Waals surface area contributed by atoms with Gasteiger partial charge in [0.2, 0.25) is 11.8 Å². The quantitative estimate of drug-likeness (QED) is 0.384. The molecule has 1 atom stereocenters. The molecular formula is C32H52N4O2. The number of piperazine rings is 1. The zero-order valence-electron chi connectivity index (χ0n) is 24.1. The van der Waals surface area contributed by atoms with Gasteiger partial charge in [0, 0.05) is 26.2 Å². The lowest BCUT2D eigenvalue weighted by Crippen LogP contribution is -2.73. The van der Waals surface area contributed by atoms with Gasteiger partial charge in [0.1, 0.15) is 11.6 Å². The van der Waals surface area contributed by atoms with E-state index in [1.165, 1.54) is 37.7 Å².